The molecule has 1 unspecified atom stereocenters. The van der Waals surface area contributed by atoms with E-state index in [2.05, 4.69) is 19.1 Å². The Bertz CT molecular complexity index is 262. The van der Waals surface area contributed by atoms with E-state index >= 15 is 0 Å². The van der Waals surface area contributed by atoms with Gasteiger partial charge in [-0.2, -0.15) is 11.8 Å². The first kappa shape index (κ1) is 18.0. The maximum Gasteiger partial charge on any atom is 0.165 e. The van der Waals surface area contributed by atoms with Crippen molar-refractivity contribution >= 4 is 11.8 Å². The van der Waals surface area contributed by atoms with Gasteiger partial charge in [0.15, 0.2) is 5.79 Å². The topological polar surface area (TPSA) is 49.7 Å². The van der Waals surface area contributed by atoms with Gasteiger partial charge < -0.3 is 14.9 Å². The molecule has 0 aromatic carbocycles. The minimum absolute atomic E-state index is 0.0256. The van der Waals surface area contributed by atoms with Gasteiger partial charge in [-0.3, -0.25) is 0 Å². The normalized spacial score (nSPS) is 19.8. The number of thioether (sulfide) groups is 1. The number of rotatable bonds is 11. The van der Waals surface area contributed by atoms with Crippen molar-refractivity contribution in [2.45, 2.75) is 70.2 Å². The van der Waals surface area contributed by atoms with Gasteiger partial charge in [0.2, 0.25) is 0 Å². The van der Waals surface area contributed by atoms with Crippen LogP contribution in [0.1, 0.15) is 58.3 Å². The summed E-state index contributed by atoms with van der Waals surface area (Å²) in [5.74, 6) is 1.34. The summed E-state index contributed by atoms with van der Waals surface area (Å²) in [5, 5.41) is 19.3. The lowest BCUT2D eigenvalue weighted by molar-refractivity contribution is -0.225. The average molecular weight is 302 g/mol. The van der Waals surface area contributed by atoms with Gasteiger partial charge in [-0.05, 0) is 44.3 Å². The van der Waals surface area contributed by atoms with Crippen molar-refractivity contribution in [2.24, 2.45) is 0 Å². The van der Waals surface area contributed by atoms with E-state index in [0.29, 0.717) is 0 Å². The fraction of sp³-hybridized carbons (Fsp3) is 0.875. The van der Waals surface area contributed by atoms with E-state index in [0.717, 1.165) is 50.7 Å². The smallest absolute Gasteiger partial charge is 0.165 e. The first-order valence-electron chi connectivity index (χ1n) is 7.94. The molecule has 0 amide bonds. The summed E-state index contributed by atoms with van der Waals surface area (Å²) in [6, 6.07) is 0. The molecule has 0 aromatic rings. The minimum Gasteiger partial charge on any atom is -0.396 e. The van der Waals surface area contributed by atoms with Crippen LogP contribution in [-0.2, 0) is 4.74 Å². The summed E-state index contributed by atoms with van der Waals surface area (Å²) >= 11 is 1.94. The van der Waals surface area contributed by atoms with Crippen LogP contribution >= 0.6 is 11.8 Å². The summed E-state index contributed by atoms with van der Waals surface area (Å²) in [5.41, 5.74) is 0. The lowest BCUT2D eigenvalue weighted by atomic mass is 10.1. The first-order chi connectivity index (χ1) is 9.70. The van der Waals surface area contributed by atoms with Crippen LogP contribution in [0.4, 0.5) is 0 Å². The summed E-state index contributed by atoms with van der Waals surface area (Å²) in [7, 11) is 0. The number of ether oxygens (including phenoxy) is 1. The van der Waals surface area contributed by atoms with Crippen LogP contribution in [0.15, 0.2) is 12.2 Å². The molecular weight excluding hydrogens is 272 g/mol. The van der Waals surface area contributed by atoms with Gasteiger partial charge in [0, 0.05) is 25.2 Å². The standard InChI is InChI=1S/C16H30O3S/c1-2-13-20-14-6-3-8-15(9-7-12-17)19-16(18)10-4-5-11-16/h3,6,15,17-18H,2,4-5,7-14H2,1H3/b6-3-. The van der Waals surface area contributed by atoms with E-state index in [-0.39, 0.29) is 12.7 Å². The zero-order chi connectivity index (χ0) is 14.7. The molecule has 1 saturated carbocycles. The Labute approximate surface area is 127 Å². The highest BCUT2D eigenvalue weighted by Crippen LogP contribution is 2.32. The van der Waals surface area contributed by atoms with Crippen molar-refractivity contribution in [2.75, 3.05) is 18.1 Å². The maximum atomic E-state index is 10.3. The molecule has 1 atom stereocenters. The summed E-state index contributed by atoms with van der Waals surface area (Å²) in [6.07, 6.45) is 11.6. The van der Waals surface area contributed by atoms with Gasteiger partial charge in [-0.15, -0.1) is 0 Å². The molecule has 0 radical (unpaired) electrons. The number of hydrogen-bond acceptors (Lipinski definition) is 4. The predicted octanol–water partition coefficient (Wildman–Crippen LogP) is 3.50. The Hall–Kier alpha value is -0.0300. The van der Waals surface area contributed by atoms with Crippen molar-refractivity contribution in [1.82, 2.24) is 0 Å². The molecule has 3 nitrogen and oxygen atoms in total. The third-order valence-electron chi connectivity index (χ3n) is 3.58. The number of hydrogen-bond donors (Lipinski definition) is 2. The van der Waals surface area contributed by atoms with Crippen LogP contribution in [0.2, 0.25) is 0 Å². The van der Waals surface area contributed by atoms with Crippen LogP contribution in [0.3, 0.4) is 0 Å². The predicted molar refractivity (Wildman–Crippen MR) is 86.0 cm³/mol. The van der Waals surface area contributed by atoms with Crippen LogP contribution in [-0.4, -0.2) is 40.2 Å². The number of aliphatic hydroxyl groups is 2. The molecule has 4 heteroatoms. The molecule has 0 saturated heterocycles. The van der Waals surface area contributed by atoms with Crippen LogP contribution in [0.5, 0.6) is 0 Å². The monoisotopic (exact) mass is 302 g/mol. The fourth-order valence-corrected chi connectivity index (χ4v) is 3.24. The lowest BCUT2D eigenvalue weighted by Crippen LogP contribution is -2.33. The lowest BCUT2D eigenvalue weighted by Gasteiger charge is -2.28. The molecule has 0 aliphatic heterocycles. The van der Waals surface area contributed by atoms with E-state index in [1.54, 1.807) is 0 Å². The van der Waals surface area contributed by atoms with Crippen molar-refractivity contribution in [3.8, 4) is 0 Å². The zero-order valence-electron chi connectivity index (χ0n) is 12.7. The Kier molecular flexibility index (Phi) is 9.61. The molecule has 1 fully saturated rings. The van der Waals surface area contributed by atoms with Gasteiger partial charge in [0.25, 0.3) is 0 Å². The fourth-order valence-electron chi connectivity index (χ4n) is 2.51. The minimum atomic E-state index is -0.912. The molecule has 1 aliphatic carbocycles. The quantitative estimate of drug-likeness (QED) is 0.348. The Morgan fingerprint density at radius 1 is 1.30 bits per heavy atom. The highest BCUT2D eigenvalue weighted by molar-refractivity contribution is 7.99. The Morgan fingerprint density at radius 2 is 2.05 bits per heavy atom. The second kappa shape index (κ2) is 10.7. The van der Waals surface area contributed by atoms with Gasteiger partial charge in [0.1, 0.15) is 0 Å². The van der Waals surface area contributed by atoms with Crippen molar-refractivity contribution in [1.29, 1.82) is 0 Å². The van der Waals surface area contributed by atoms with Gasteiger partial charge in [-0.25, -0.2) is 0 Å². The molecule has 2 N–H and O–H groups in total. The van der Waals surface area contributed by atoms with E-state index in [1.807, 2.05) is 11.8 Å². The second-order valence-electron chi connectivity index (χ2n) is 5.54. The molecule has 0 spiro atoms. The zero-order valence-corrected chi connectivity index (χ0v) is 13.5. The Morgan fingerprint density at radius 3 is 2.70 bits per heavy atom. The van der Waals surface area contributed by atoms with E-state index in [1.165, 1.54) is 12.2 Å². The van der Waals surface area contributed by atoms with Gasteiger partial charge in [-0.1, -0.05) is 19.1 Å². The third kappa shape index (κ3) is 7.67. The molecule has 1 rings (SSSR count). The molecule has 1 aliphatic rings. The largest absolute Gasteiger partial charge is 0.396 e. The van der Waals surface area contributed by atoms with Crippen molar-refractivity contribution in [3.05, 3.63) is 12.2 Å². The molecule has 118 valence electrons. The SMILES string of the molecule is CCCSC/C=C\CC(CCCO)OC1(O)CCCC1. The second-order valence-corrected chi connectivity index (χ2v) is 6.69. The van der Waals surface area contributed by atoms with Crippen molar-refractivity contribution < 1.29 is 14.9 Å². The molecule has 0 bridgehead atoms. The third-order valence-corrected chi connectivity index (χ3v) is 4.71. The number of aliphatic hydroxyl groups excluding tert-OH is 1. The van der Waals surface area contributed by atoms with E-state index < -0.39 is 5.79 Å². The first-order valence-corrected chi connectivity index (χ1v) is 9.09. The van der Waals surface area contributed by atoms with Crippen molar-refractivity contribution in [3.63, 3.8) is 0 Å². The summed E-state index contributed by atoms with van der Waals surface area (Å²) < 4.78 is 5.92. The van der Waals surface area contributed by atoms with Gasteiger partial charge in [0.05, 0.1) is 6.10 Å². The highest BCUT2D eigenvalue weighted by atomic mass is 32.2. The molecule has 0 aromatic heterocycles. The van der Waals surface area contributed by atoms with E-state index in [9.17, 15) is 5.11 Å². The highest BCUT2D eigenvalue weighted by Gasteiger charge is 2.34. The molecule has 20 heavy (non-hydrogen) atoms. The molecule has 0 heterocycles. The van der Waals surface area contributed by atoms with Crippen LogP contribution < -0.4 is 0 Å². The maximum absolute atomic E-state index is 10.3. The summed E-state index contributed by atoms with van der Waals surface area (Å²) in [6.45, 7) is 2.38. The van der Waals surface area contributed by atoms with E-state index in [4.69, 9.17) is 9.84 Å². The van der Waals surface area contributed by atoms with Gasteiger partial charge >= 0.3 is 0 Å². The van der Waals surface area contributed by atoms with Crippen LogP contribution in [0, 0.1) is 0 Å². The average Bonchev–Trinajstić information content (AvgIpc) is 2.86. The summed E-state index contributed by atoms with van der Waals surface area (Å²) in [4.78, 5) is 0. The van der Waals surface area contributed by atoms with Crippen LogP contribution in [0.25, 0.3) is 0 Å². The molecular formula is C16H30O3S. The Balaban J connectivity index is 2.31.